The lowest BCUT2D eigenvalue weighted by atomic mass is 10.1. The van der Waals surface area contributed by atoms with E-state index < -0.39 is 0 Å². The third-order valence-corrected chi connectivity index (χ3v) is 3.05. The highest BCUT2D eigenvalue weighted by Crippen LogP contribution is 2.17. The summed E-state index contributed by atoms with van der Waals surface area (Å²) in [6, 6.07) is 5.72. The minimum atomic E-state index is -0.275. The molecule has 0 aliphatic heterocycles. The average molecular weight is 262 g/mol. The molecule has 0 spiro atoms. The Kier molecular flexibility index (Phi) is 6.06. The van der Waals surface area contributed by atoms with Gasteiger partial charge >= 0.3 is 0 Å². The Balaban J connectivity index is 2.47. The Morgan fingerprint density at radius 3 is 2.58 bits per heavy atom. The molecular weight excluding hydrogens is 240 g/mol. The summed E-state index contributed by atoms with van der Waals surface area (Å²) in [5.41, 5.74) is 2.92. The highest BCUT2D eigenvalue weighted by Gasteiger charge is 2.10. The Hall–Kier alpha value is -1.84. The van der Waals surface area contributed by atoms with Gasteiger partial charge in [-0.25, -0.2) is 0 Å². The van der Waals surface area contributed by atoms with Gasteiger partial charge in [-0.15, -0.1) is 0 Å². The standard InChI is InChI=1S/C15H22N2O2/c1-4-5-9-16-14(18)10-15(19)17-13-8-6-7-11(2)12(13)3/h6-8H,4-5,9-10H2,1-3H3,(H,16,18)(H,17,19). The van der Waals surface area contributed by atoms with Gasteiger partial charge in [-0.1, -0.05) is 25.5 Å². The van der Waals surface area contributed by atoms with Crippen molar-refractivity contribution in [2.24, 2.45) is 0 Å². The predicted octanol–water partition coefficient (Wildman–Crippen LogP) is 2.55. The molecule has 19 heavy (non-hydrogen) atoms. The van der Waals surface area contributed by atoms with Crippen LogP contribution >= 0.6 is 0 Å². The fourth-order valence-corrected chi connectivity index (χ4v) is 1.69. The summed E-state index contributed by atoms with van der Waals surface area (Å²) in [5, 5.41) is 5.50. The predicted molar refractivity (Wildman–Crippen MR) is 77.1 cm³/mol. The number of anilines is 1. The number of benzene rings is 1. The van der Waals surface area contributed by atoms with Crippen LogP contribution in [0.25, 0.3) is 0 Å². The Morgan fingerprint density at radius 1 is 1.16 bits per heavy atom. The van der Waals surface area contributed by atoms with Crippen LogP contribution < -0.4 is 10.6 Å². The molecule has 1 aromatic rings. The van der Waals surface area contributed by atoms with E-state index in [0.29, 0.717) is 6.54 Å². The van der Waals surface area contributed by atoms with Gasteiger partial charge < -0.3 is 10.6 Å². The molecule has 0 saturated heterocycles. The number of rotatable bonds is 6. The number of carbonyl (C=O) groups is 2. The van der Waals surface area contributed by atoms with Crippen LogP contribution in [0.3, 0.4) is 0 Å². The van der Waals surface area contributed by atoms with E-state index in [1.807, 2.05) is 32.0 Å². The molecule has 104 valence electrons. The average Bonchev–Trinajstić information content (AvgIpc) is 2.35. The van der Waals surface area contributed by atoms with Gasteiger partial charge in [-0.2, -0.15) is 0 Å². The Bertz CT molecular complexity index is 455. The quantitative estimate of drug-likeness (QED) is 0.611. The maximum absolute atomic E-state index is 11.7. The van der Waals surface area contributed by atoms with Crippen LogP contribution in [-0.4, -0.2) is 18.4 Å². The molecular formula is C15H22N2O2. The lowest BCUT2D eigenvalue weighted by Crippen LogP contribution is -2.28. The minimum absolute atomic E-state index is 0.128. The molecule has 0 fully saturated rings. The Labute approximate surface area is 114 Å². The monoisotopic (exact) mass is 262 g/mol. The van der Waals surface area contributed by atoms with Crippen molar-refractivity contribution in [1.29, 1.82) is 0 Å². The third kappa shape index (κ3) is 5.12. The van der Waals surface area contributed by atoms with Crippen molar-refractivity contribution in [3.8, 4) is 0 Å². The Morgan fingerprint density at radius 2 is 1.89 bits per heavy atom. The molecule has 1 rings (SSSR count). The molecule has 0 unspecified atom stereocenters. The van der Waals surface area contributed by atoms with Crippen LogP contribution in [0.1, 0.15) is 37.3 Å². The summed E-state index contributed by atoms with van der Waals surface area (Å²) in [6.07, 6.45) is 1.83. The molecule has 0 atom stereocenters. The van der Waals surface area contributed by atoms with Gasteiger partial charge in [-0.3, -0.25) is 9.59 Å². The van der Waals surface area contributed by atoms with E-state index in [-0.39, 0.29) is 18.2 Å². The second kappa shape index (κ2) is 7.56. The summed E-state index contributed by atoms with van der Waals surface area (Å²) < 4.78 is 0. The smallest absolute Gasteiger partial charge is 0.233 e. The highest BCUT2D eigenvalue weighted by atomic mass is 16.2. The zero-order chi connectivity index (χ0) is 14.3. The summed E-state index contributed by atoms with van der Waals surface area (Å²) in [5.74, 6) is -0.501. The van der Waals surface area contributed by atoms with Gasteiger partial charge in [0.15, 0.2) is 0 Å². The molecule has 0 heterocycles. The number of unbranched alkanes of at least 4 members (excludes halogenated alkanes) is 1. The topological polar surface area (TPSA) is 58.2 Å². The van der Waals surface area contributed by atoms with Crippen molar-refractivity contribution >= 4 is 17.5 Å². The summed E-state index contributed by atoms with van der Waals surface area (Å²) in [7, 11) is 0. The van der Waals surface area contributed by atoms with E-state index in [4.69, 9.17) is 0 Å². The maximum Gasteiger partial charge on any atom is 0.233 e. The third-order valence-electron chi connectivity index (χ3n) is 3.05. The second-order valence-corrected chi connectivity index (χ2v) is 4.68. The normalized spacial score (nSPS) is 10.1. The van der Waals surface area contributed by atoms with Gasteiger partial charge in [0.2, 0.25) is 11.8 Å². The SMILES string of the molecule is CCCCNC(=O)CC(=O)Nc1cccc(C)c1C. The molecule has 2 N–H and O–H groups in total. The fraction of sp³-hybridized carbons (Fsp3) is 0.467. The molecule has 1 aromatic carbocycles. The lowest BCUT2D eigenvalue weighted by molar-refractivity contribution is -0.126. The first kappa shape index (κ1) is 15.2. The fourth-order valence-electron chi connectivity index (χ4n) is 1.69. The lowest BCUT2D eigenvalue weighted by Gasteiger charge is -2.10. The second-order valence-electron chi connectivity index (χ2n) is 4.68. The maximum atomic E-state index is 11.7. The van der Waals surface area contributed by atoms with Crippen LogP contribution in [0.2, 0.25) is 0 Å². The first-order chi connectivity index (χ1) is 9.04. The van der Waals surface area contributed by atoms with Gasteiger partial charge in [0.25, 0.3) is 0 Å². The first-order valence-corrected chi connectivity index (χ1v) is 6.67. The van der Waals surface area contributed by atoms with E-state index in [9.17, 15) is 9.59 Å². The van der Waals surface area contributed by atoms with Crippen LogP contribution in [0.4, 0.5) is 5.69 Å². The number of nitrogens with one attached hydrogen (secondary N) is 2. The van der Waals surface area contributed by atoms with Gasteiger partial charge in [0, 0.05) is 12.2 Å². The molecule has 2 amide bonds. The zero-order valence-electron chi connectivity index (χ0n) is 11.9. The number of aryl methyl sites for hydroxylation is 1. The molecule has 0 bridgehead atoms. The summed E-state index contributed by atoms with van der Waals surface area (Å²) in [4.78, 5) is 23.2. The number of hydrogen-bond acceptors (Lipinski definition) is 2. The molecule has 4 nitrogen and oxygen atoms in total. The van der Waals surface area contributed by atoms with Crippen LogP contribution in [0.15, 0.2) is 18.2 Å². The van der Waals surface area contributed by atoms with Gasteiger partial charge in [-0.05, 0) is 37.5 Å². The van der Waals surface area contributed by atoms with Crippen molar-refractivity contribution in [1.82, 2.24) is 5.32 Å². The minimum Gasteiger partial charge on any atom is -0.356 e. The van der Waals surface area contributed by atoms with E-state index in [2.05, 4.69) is 17.6 Å². The van der Waals surface area contributed by atoms with Crippen molar-refractivity contribution in [2.75, 3.05) is 11.9 Å². The zero-order valence-corrected chi connectivity index (χ0v) is 11.9. The van der Waals surface area contributed by atoms with Crippen molar-refractivity contribution in [2.45, 2.75) is 40.0 Å². The van der Waals surface area contributed by atoms with Crippen LogP contribution in [-0.2, 0) is 9.59 Å². The number of carbonyl (C=O) groups excluding carboxylic acids is 2. The van der Waals surface area contributed by atoms with Crippen LogP contribution in [0.5, 0.6) is 0 Å². The summed E-state index contributed by atoms with van der Waals surface area (Å²) >= 11 is 0. The number of hydrogen-bond donors (Lipinski definition) is 2. The molecule has 0 saturated carbocycles. The van der Waals surface area contributed by atoms with Gasteiger partial charge in [0.1, 0.15) is 6.42 Å². The molecule has 4 heteroatoms. The molecule has 0 aromatic heterocycles. The highest BCUT2D eigenvalue weighted by molar-refractivity contribution is 6.03. The van der Waals surface area contributed by atoms with E-state index >= 15 is 0 Å². The van der Waals surface area contributed by atoms with Crippen molar-refractivity contribution in [3.05, 3.63) is 29.3 Å². The van der Waals surface area contributed by atoms with Crippen molar-refractivity contribution in [3.63, 3.8) is 0 Å². The van der Waals surface area contributed by atoms with Crippen molar-refractivity contribution < 1.29 is 9.59 Å². The molecule has 0 radical (unpaired) electrons. The van der Waals surface area contributed by atoms with E-state index in [1.165, 1.54) is 0 Å². The number of amides is 2. The molecule has 0 aliphatic carbocycles. The van der Waals surface area contributed by atoms with Crippen LogP contribution in [0, 0.1) is 13.8 Å². The van der Waals surface area contributed by atoms with E-state index in [0.717, 1.165) is 29.7 Å². The van der Waals surface area contributed by atoms with Gasteiger partial charge in [0.05, 0.1) is 0 Å². The van der Waals surface area contributed by atoms with E-state index in [1.54, 1.807) is 0 Å². The summed E-state index contributed by atoms with van der Waals surface area (Å²) in [6.45, 7) is 6.63. The largest absolute Gasteiger partial charge is 0.356 e. The first-order valence-electron chi connectivity index (χ1n) is 6.67. The molecule has 0 aliphatic rings.